The van der Waals surface area contributed by atoms with Gasteiger partial charge in [0.1, 0.15) is 5.25 Å². The molecule has 1 fully saturated rings. The Balaban J connectivity index is 2.46. The molecule has 0 aromatic carbocycles. The van der Waals surface area contributed by atoms with Gasteiger partial charge in [-0.25, -0.2) is 0 Å². The summed E-state index contributed by atoms with van der Waals surface area (Å²) >= 11 is 0. The molecule has 0 radical (unpaired) electrons. The van der Waals surface area contributed by atoms with Crippen LogP contribution in [-0.4, -0.2) is 45.7 Å². The second-order valence-electron chi connectivity index (χ2n) is 4.61. The fourth-order valence-electron chi connectivity index (χ4n) is 2.06. The number of nitrogens with two attached hydrogens (primary N) is 1. The van der Waals surface area contributed by atoms with Crippen molar-refractivity contribution in [3.05, 3.63) is 0 Å². The second-order valence-corrected chi connectivity index (χ2v) is 6.49. The lowest BCUT2D eigenvalue weighted by atomic mass is 10.2. The molecule has 2 N–H and O–H groups in total. The Kier molecular flexibility index (Phi) is 6.73. The lowest BCUT2D eigenvalue weighted by Gasteiger charge is -2.23. The van der Waals surface area contributed by atoms with Crippen molar-refractivity contribution in [2.24, 2.45) is 5.73 Å². The zero-order valence-electron chi connectivity index (χ0n) is 10.7. The first kappa shape index (κ1) is 14.6. The van der Waals surface area contributed by atoms with E-state index < -0.39 is 10.8 Å². The van der Waals surface area contributed by atoms with Crippen molar-refractivity contribution >= 4 is 16.7 Å². The Morgan fingerprint density at radius 1 is 1.29 bits per heavy atom. The van der Waals surface area contributed by atoms with E-state index >= 15 is 0 Å². The van der Waals surface area contributed by atoms with E-state index in [0.717, 1.165) is 32.4 Å². The maximum Gasteiger partial charge on any atom is 0.238 e. The molecule has 0 aromatic rings. The van der Waals surface area contributed by atoms with Crippen molar-refractivity contribution < 1.29 is 9.00 Å². The first-order valence-electron chi connectivity index (χ1n) is 6.53. The van der Waals surface area contributed by atoms with E-state index in [4.69, 9.17) is 5.73 Å². The smallest absolute Gasteiger partial charge is 0.238 e. The van der Waals surface area contributed by atoms with E-state index in [9.17, 15) is 9.00 Å². The highest BCUT2D eigenvalue weighted by Crippen LogP contribution is 2.12. The summed E-state index contributed by atoms with van der Waals surface area (Å²) in [5, 5.41) is -0.375. The first-order chi connectivity index (χ1) is 8.16. The number of hydrogen-bond donors (Lipinski definition) is 1. The molecule has 100 valence electrons. The maximum atomic E-state index is 12.2. The van der Waals surface area contributed by atoms with Crippen LogP contribution in [0.3, 0.4) is 0 Å². The van der Waals surface area contributed by atoms with Gasteiger partial charge in [0.2, 0.25) is 5.91 Å². The van der Waals surface area contributed by atoms with Crippen LogP contribution in [0.2, 0.25) is 0 Å². The molecule has 1 amide bonds. The number of hydrogen-bond acceptors (Lipinski definition) is 3. The number of rotatable bonds is 5. The molecule has 0 saturated carbocycles. The zero-order valence-corrected chi connectivity index (χ0v) is 11.5. The molecule has 0 aromatic heterocycles. The van der Waals surface area contributed by atoms with E-state index in [1.54, 1.807) is 6.92 Å². The zero-order chi connectivity index (χ0) is 12.7. The van der Waals surface area contributed by atoms with Gasteiger partial charge in [-0.2, -0.15) is 0 Å². The molecule has 1 rings (SSSR count). The molecule has 1 aliphatic heterocycles. The fraction of sp³-hybridized carbons (Fsp3) is 0.917. The molecule has 1 aliphatic rings. The monoisotopic (exact) mass is 260 g/mol. The lowest BCUT2D eigenvalue weighted by molar-refractivity contribution is -0.130. The average Bonchev–Trinajstić information content (AvgIpc) is 2.62. The molecule has 17 heavy (non-hydrogen) atoms. The fourth-order valence-corrected chi connectivity index (χ4v) is 3.24. The van der Waals surface area contributed by atoms with Crippen molar-refractivity contribution in [3.63, 3.8) is 0 Å². The molecule has 2 unspecified atom stereocenters. The summed E-state index contributed by atoms with van der Waals surface area (Å²) < 4.78 is 11.9. The normalized spacial score (nSPS) is 20.7. The van der Waals surface area contributed by atoms with Gasteiger partial charge in [-0.15, -0.1) is 0 Å². The summed E-state index contributed by atoms with van der Waals surface area (Å²) in [6.45, 7) is 3.98. The van der Waals surface area contributed by atoms with Crippen molar-refractivity contribution in [3.8, 4) is 0 Å². The molecule has 1 heterocycles. The molecular weight excluding hydrogens is 236 g/mol. The molecule has 1 saturated heterocycles. The highest BCUT2D eigenvalue weighted by Gasteiger charge is 2.25. The summed E-state index contributed by atoms with van der Waals surface area (Å²) in [5.41, 5.74) is 5.39. The van der Waals surface area contributed by atoms with Gasteiger partial charge in [-0.1, -0.05) is 12.8 Å². The van der Waals surface area contributed by atoms with Crippen molar-refractivity contribution in [1.82, 2.24) is 4.90 Å². The van der Waals surface area contributed by atoms with Crippen LogP contribution in [0.25, 0.3) is 0 Å². The summed E-state index contributed by atoms with van der Waals surface area (Å²) in [6, 6.07) is 0. The van der Waals surface area contributed by atoms with Gasteiger partial charge in [-0.3, -0.25) is 9.00 Å². The Morgan fingerprint density at radius 3 is 2.41 bits per heavy atom. The highest BCUT2D eigenvalue weighted by molar-refractivity contribution is 7.86. The molecule has 4 nitrogen and oxygen atoms in total. The Labute approximate surface area is 106 Å². The number of carbonyl (C=O) groups is 1. The first-order valence-corrected chi connectivity index (χ1v) is 7.91. The van der Waals surface area contributed by atoms with Gasteiger partial charge in [-0.05, 0) is 32.7 Å². The second kappa shape index (κ2) is 7.82. The molecule has 0 bridgehead atoms. The molecule has 5 heteroatoms. The minimum atomic E-state index is -1.07. The van der Waals surface area contributed by atoms with Gasteiger partial charge in [0.15, 0.2) is 0 Å². The van der Waals surface area contributed by atoms with Crippen LogP contribution in [0.5, 0.6) is 0 Å². The van der Waals surface area contributed by atoms with Crippen molar-refractivity contribution in [2.45, 2.75) is 44.3 Å². The predicted molar refractivity (Wildman–Crippen MR) is 71.2 cm³/mol. The molecular formula is C12H24N2O2S. The van der Waals surface area contributed by atoms with E-state index in [-0.39, 0.29) is 11.2 Å². The summed E-state index contributed by atoms with van der Waals surface area (Å²) in [6.07, 6.45) is 5.29. The van der Waals surface area contributed by atoms with Crippen molar-refractivity contribution in [1.29, 1.82) is 0 Å². The maximum absolute atomic E-state index is 12.2. The number of likely N-dealkylation sites (tertiary alicyclic amines) is 1. The van der Waals surface area contributed by atoms with Crippen LogP contribution in [0.4, 0.5) is 0 Å². The minimum absolute atomic E-state index is 0.0576. The van der Waals surface area contributed by atoms with Crippen LogP contribution in [-0.2, 0) is 15.6 Å². The molecule has 0 spiro atoms. The Hall–Kier alpha value is -0.420. The van der Waals surface area contributed by atoms with E-state index in [2.05, 4.69) is 0 Å². The standard InChI is InChI=1S/C12H24N2O2S/c1-11(17(16)10-6-7-13)12(15)14-8-4-2-3-5-9-14/h11H,2-10,13H2,1H3. The minimum Gasteiger partial charge on any atom is -0.342 e. The van der Waals surface area contributed by atoms with E-state index in [1.807, 2.05) is 4.90 Å². The van der Waals surface area contributed by atoms with Crippen LogP contribution >= 0.6 is 0 Å². The topological polar surface area (TPSA) is 63.4 Å². The average molecular weight is 260 g/mol. The summed E-state index contributed by atoms with van der Waals surface area (Å²) in [7, 11) is -1.07. The lowest BCUT2D eigenvalue weighted by Crippen LogP contribution is -2.40. The largest absolute Gasteiger partial charge is 0.342 e. The Bertz CT molecular complexity index is 263. The van der Waals surface area contributed by atoms with Gasteiger partial charge in [0.05, 0.1) is 0 Å². The Morgan fingerprint density at radius 2 is 1.88 bits per heavy atom. The molecule has 0 aliphatic carbocycles. The number of nitrogens with zero attached hydrogens (tertiary/aromatic N) is 1. The van der Waals surface area contributed by atoms with Crippen LogP contribution in [0.1, 0.15) is 39.0 Å². The van der Waals surface area contributed by atoms with Gasteiger partial charge in [0.25, 0.3) is 0 Å². The van der Waals surface area contributed by atoms with Crippen LogP contribution in [0, 0.1) is 0 Å². The highest BCUT2D eigenvalue weighted by atomic mass is 32.2. The third kappa shape index (κ3) is 4.76. The van der Waals surface area contributed by atoms with Gasteiger partial charge < -0.3 is 10.6 Å². The molecule has 2 atom stereocenters. The number of carbonyl (C=O) groups excluding carboxylic acids is 1. The third-order valence-electron chi connectivity index (χ3n) is 3.21. The van der Waals surface area contributed by atoms with Crippen LogP contribution in [0.15, 0.2) is 0 Å². The van der Waals surface area contributed by atoms with Crippen LogP contribution < -0.4 is 5.73 Å². The SMILES string of the molecule is CC(C(=O)N1CCCCCC1)S(=O)CCCN. The third-order valence-corrected chi connectivity index (χ3v) is 4.89. The van der Waals surface area contributed by atoms with E-state index in [0.29, 0.717) is 12.3 Å². The predicted octanol–water partition coefficient (Wildman–Crippen LogP) is 0.875. The quantitative estimate of drug-likeness (QED) is 0.798. The van der Waals surface area contributed by atoms with E-state index in [1.165, 1.54) is 12.8 Å². The number of amides is 1. The van der Waals surface area contributed by atoms with Crippen molar-refractivity contribution in [2.75, 3.05) is 25.4 Å². The summed E-state index contributed by atoms with van der Waals surface area (Å²) in [4.78, 5) is 14.0. The summed E-state index contributed by atoms with van der Waals surface area (Å²) in [5.74, 6) is 0.597. The van der Waals surface area contributed by atoms with Gasteiger partial charge in [0, 0.05) is 29.6 Å². The van der Waals surface area contributed by atoms with Gasteiger partial charge >= 0.3 is 0 Å².